The fraction of sp³-hybridized carbons (Fsp3) is 0.355. The average Bonchev–Trinajstić information content (AvgIpc) is 3.48. The molecule has 0 bridgehead atoms. The van der Waals surface area contributed by atoms with Gasteiger partial charge in [0.25, 0.3) is 10.0 Å². The number of nitrogens with zero attached hydrogens (tertiary/aromatic N) is 2. The number of aryl methyl sites for hydroxylation is 1. The molecule has 0 aromatic heterocycles. The van der Waals surface area contributed by atoms with E-state index in [0.29, 0.717) is 21.0 Å². The summed E-state index contributed by atoms with van der Waals surface area (Å²) in [6.45, 7) is 2.31. The number of rotatable bonds is 10. The quantitative estimate of drug-likeness (QED) is 0.252. The van der Waals surface area contributed by atoms with Crippen molar-refractivity contribution in [2.45, 2.75) is 69.2 Å². The molecular weight excluding hydrogens is 638 g/mol. The van der Waals surface area contributed by atoms with Gasteiger partial charge >= 0.3 is 6.18 Å². The predicted molar refractivity (Wildman–Crippen MR) is 164 cm³/mol. The van der Waals surface area contributed by atoms with Gasteiger partial charge in [-0.1, -0.05) is 65.9 Å². The molecule has 4 rings (SSSR count). The highest BCUT2D eigenvalue weighted by molar-refractivity contribution is 7.92. The van der Waals surface area contributed by atoms with Crippen LogP contribution in [0.25, 0.3) is 0 Å². The lowest BCUT2D eigenvalue weighted by atomic mass is 10.1. The van der Waals surface area contributed by atoms with Crippen molar-refractivity contribution in [2.24, 2.45) is 0 Å². The van der Waals surface area contributed by atoms with Gasteiger partial charge in [0.1, 0.15) is 12.6 Å². The van der Waals surface area contributed by atoms with Crippen LogP contribution in [0.1, 0.15) is 49.3 Å². The molecule has 1 unspecified atom stereocenters. The molecule has 2 amide bonds. The van der Waals surface area contributed by atoms with Crippen LogP contribution in [0.4, 0.5) is 18.9 Å². The summed E-state index contributed by atoms with van der Waals surface area (Å²) in [5.41, 5.74) is -0.295. The lowest BCUT2D eigenvalue weighted by Gasteiger charge is -2.32. The summed E-state index contributed by atoms with van der Waals surface area (Å²) in [4.78, 5) is 28.3. The first kappa shape index (κ1) is 33.6. The van der Waals surface area contributed by atoms with E-state index in [-0.39, 0.29) is 17.5 Å². The maximum absolute atomic E-state index is 14.0. The maximum atomic E-state index is 14.0. The smallest absolute Gasteiger partial charge is 0.352 e. The minimum absolute atomic E-state index is 0.0364. The number of carbonyl (C=O) groups excluding carboxylic acids is 2. The third kappa shape index (κ3) is 8.05. The molecule has 1 aliphatic carbocycles. The highest BCUT2D eigenvalue weighted by Gasteiger charge is 2.37. The Morgan fingerprint density at radius 3 is 2.18 bits per heavy atom. The van der Waals surface area contributed by atoms with Crippen LogP contribution in [0.2, 0.25) is 10.0 Å². The number of nitrogens with one attached hydrogen (secondary N) is 1. The minimum atomic E-state index is -4.89. The zero-order valence-electron chi connectivity index (χ0n) is 24.1. The van der Waals surface area contributed by atoms with Gasteiger partial charge in [-0.25, -0.2) is 8.42 Å². The van der Waals surface area contributed by atoms with Crippen molar-refractivity contribution in [2.75, 3.05) is 10.8 Å². The van der Waals surface area contributed by atoms with Gasteiger partial charge in [0.05, 0.1) is 21.2 Å². The zero-order valence-corrected chi connectivity index (χ0v) is 26.4. The Balaban J connectivity index is 1.75. The molecular formula is C31H32Cl2F3N3O4S. The Hall–Kier alpha value is -3.28. The molecule has 1 fully saturated rings. The Morgan fingerprint density at radius 1 is 0.977 bits per heavy atom. The molecule has 0 heterocycles. The van der Waals surface area contributed by atoms with Crippen LogP contribution in [0, 0.1) is 6.92 Å². The van der Waals surface area contributed by atoms with Crippen molar-refractivity contribution in [3.8, 4) is 0 Å². The minimum Gasteiger partial charge on any atom is -0.352 e. The summed E-state index contributed by atoms with van der Waals surface area (Å²) >= 11 is 11.8. The van der Waals surface area contributed by atoms with E-state index in [0.717, 1.165) is 43.4 Å². The third-order valence-electron chi connectivity index (χ3n) is 7.57. The summed E-state index contributed by atoms with van der Waals surface area (Å²) in [6.07, 6.45) is -1.32. The van der Waals surface area contributed by atoms with Crippen LogP contribution in [-0.2, 0) is 32.3 Å². The van der Waals surface area contributed by atoms with Crippen LogP contribution in [-0.4, -0.2) is 43.8 Å². The van der Waals surface area contributed by atoms with E-state index in [2.05, 4.69) is 5.32 Å². The summed E-state index contributed by atoms with van der Waals surface area (Å²) in [7, 11) is -4.56. The molecule has 236 valence electrons. The van der Waals surface area contributed by atoms with Crippen LogP contribution in [0.3, 0.4) is 0 Å². The summed E-state index contributed by atoms with van der Waals surface area (Å²) < 4.78 is 69.9. The van der Waals surface area contributed by atoms with Gasteiger partial charge in [0.15, 0.2) is 0 Å². The first-order valence-corrected chi connectivity index (χ1v) is 16.2. The van der Waals surface area contributed by atoms with Gasteiger partial charge in [-0.2, -0.15) is 13.2 Å². The largest absolute Gasteiger partial charge is 0.417 e. The van der Waals surface area contributed by atoms with Gasteiger partial charge in [-0.05, 0) is 74.7 Å². The second-order valence-corrected chi connectivity index (χ2v) is 13.5. The van der Waals surface area contributed by atoms with Gasteiger partial charge in [0.2, 0.25) is 11.8 Å². The Bertz CT molecular complexity index is 1590. The molecule has 7 nitrogen and oxygen atoms in total. The fourth-order valence-corrected chi connectivity index (χ4v) is 6.77. The van der Waals surface area contributed by atoms with E-state index < -0.39 is 56.9 Å². The molecule has 0 radical (unpaired) electrons. The van der Waals surface area contributed by atoms with Gasteiger partial charge in [0, 0.05) is 17.6 Å². The highest BCUT2D eigenvalue weighted by Crippen LogP contribution is 2.38. The van der Waals surface area contributed by atoms with Crippen molar-refractivity contribution >= 4 is 50.7 Å². The van der Waals surface area contributed by atoms with E-state index in [1.54, 1.807) is 31.2 Å². The van der Waals surface area contributed by atoms with Crippen LogP contribution >= 0.6 is 23.2 Å². The zero-order chi connectivity index (χ0) is 32.2. The first-order valence-electron chi connectivity index (χ1n) is 14.0. The molecule has 3 aromatic carbocycles. The van der Waals surface area contributed by atoms with Gasteiger partial charge in [-0.15, -0.1) is 0 Å². The lowest BCUT2D eigenvalue weighted by Crippen LogP contribution is -2.52. The number of hydrogen-bond donors (Lipinski definition) is 1. The van der Waals surface area contributed by atoms with E-state index in [9.17, 15) is 31.2 Å². The summed E-state index contributed by atoms with van der Waals surface area (Å²) in [5, 5.41) is 2.79. The number of sulfonamides is 1. The summed E-state index contributed by atoms with van der Waals surface area (Å²) in [5.74, 6) is -1.22. The number of hydrogen-bond acceptors (Lipinski definition) is 4. The number of amides is 2. The van der Waals surface area contributed by atoms with E-state index in [1.165, 1.54) is 36.1 Å². The highest BCUT2D eigenvalue weighted by atomic mass is 35.5. The molecule has 44 heavy (non-hydrogen) atoms. The molecule has 0 saturated heterocycles. The van der Waals surface area contributed by atoms with Crippen molar-refractivity contribution in [3.63, 3.8) is 0 Å². The maximum Gasteiger partial charge on any atom is 0.417 e. The molecule has 13 heteroatoms. The number of benzene rings is 3. The SMILES string of the molecule is Cc1ccc(S(=O)(=O)N(CC(=O)N(Cc2ccc(Cl)cc2)C(C)C(=O)NC2CCCC2)c2ccc(Cl)c(C(F)(F)F)c2)cc1. The fourth-order valence-electron chi connectivity index (χ4n) is 5.01. The molecule has 0 aliphatic heterocycles. The molecule has 1 aliphatic rings. The predicted octanol–water partition coefficient (Wildman–Crippen LogP) is 6.99. The number of alkyl halides is 3. The van der Waals surface area contributed by atoms with Crippen LogP contribution in [0.15, 0.2) is 71.6 Å². The van der Waals surface area contributed by atoms with E-state index in [4.69, 9.17) is 23.2 Å². The van der Waals surface area contributed by atoms with Gasteiger partial charge in [-0.3, -0.25) is 13.9 Å². The lowest BCUT2D eigenvalue weighted by molar-refractivity contribution is -0.139. The standard InChI is InChI=1S/C31H32Cl2F3N3O4S/c1-20-7-14-26(15-8-20)44(42,43)39(25-13-16-28(33)27(17-25)31(34,35)36)19-29(40)38(18-22-9-11-23(32)12-10-22)21(2)30(41)37-24-5-3-4-6-24/h7-17,21,24H,3-6,18-19H2,1-2H3,(H,37,41). The van der Waals surface area contributed by atoms with Crippen LogP contribution < -0.4 is 9.62 Å². The van der Waals surface area contributed by atoms with Crippen molar-refractivity contribution < 1.29 is 31.2 Å². The van der Waals surface area contributed by atoms with Crippen LogP contribution in [0.5, 0.6) is 0 Å². The van der Waals surface area contributed by atoms with Crippen molar-refractivity contribution in [1.29, 1.82) is 0 Å². The number of halogens is 5. The second-order valence-electron chi connectivity index (χ2n) is 10.8. The molecule has 1 saturated carbocycles. The first-order chi connectivity index (χ1) is 20.7. The van der Waals surface area contributed by atoms with Crippen molar-refractivity contribution in [1.82, 2.24) is 10.2 Å². The molecule has 1 N–H and O–H groups in total. The molecule has 3 aromatic rings. The number of carbonyl (C=O) groups is 2. The molecule has 1 atom stereocenters. The van der Waals surface area contributed by atoms with Crippen molar-refractivity contribution in [3.05, 3.63) is 93.5 Å². The third-order valence-corrected chi connectivity index (χ3v) is 9.94. The van der Waals surface area contributed by atoms with Gasteiger partial charge < -0.3 is 10.2 Å². The second kappa shape index (κ2) is 13.8. The van der Waals surface area contributed by atoms with E-state index in [1.807, 2.05) is 0 Å². The molecule has 0 spiro atoms. The summed E-state index contributed by atoms with van der Waals surface area (Å²) in [6, 6.07) is 13.8. The topological polar surface area (TPSA) is 86.8 Å². The number of anilines is 1. The average molecular weight is 671 g/mol. The Kier molecular flexibility index (Phi) is 10.5. The Labute approximate surface area is 265 Å². The Morgan fingerprint density at radius 2 is 1.59 bits per heavy atom. The normalized spacial score (nSPS) is 14.7. The van der Waals surface area contributed by atoms with E-state index >= 15 is 0 Å². The monoisotopic (exact) mass is 669 g/mol.